The molecule has 1 N–H and O–H groups in total. The molecule has 4 aromatic rings. The number of piperazine rings is 1. The van der Waals surface area contributed by atoms with Gasteiger partial charge in [-0.1, -0.05) is 70.0 Å². The van der Waals surface area contributed by atoms with Crippen LogP contribution in [0.3, 0.4) is 0 Å². The molecule has 6 rings (SSSR count). The Kier molecular flexibility index (Phi) is 5.69. The lowest BCUT2D eigenvalue weighted by atomic mass is 9.76. The number of aromatic amines is 1. The molecular formula is C29H25BrClN3O2. The van der Waals surface area contributed by atoms with E-state index in [2.05, 4.69) is 39.1 Å². The third kappa shape index (κ3) is 3.66. The fourth-order valence-electron chi connectivity index (χ4n) is 5.77. The van der Waals surface area contributed by atoms with Crippen LogP contribution in [-0.2, 0) is 21.5 Å². The molecule has 0 aliphatic carbocycles. The van der Waals surface area contributed by atoms with Crippen molar-refractivity contribution < 1.29 is 9.59 Å². The summed E-state index contributed by atoms with van der Waals surface area (Å²) in [6, 6.07) is 24.0. The number of carbonyl (C=O) groups is 2. The molecule has 2 unspecified atom stereocenters. The van der Waals surface area contributed by atoms with Gasteiger partial charge in [-0.05, 0) is 60.4 Å². The molecule has 1 saturated heterocycles. The van der Waals surface area contributed by atoms with Gasteiger partial charge in [-0.2, -0.15) is 0 Å². The summed E-state index contributed by atoms with van der Waals surface area (Å²) in [6.07, 6.45) is 0.660. The summed E-state index contributed by atoms with van der Waals surface area (Å²) in [6.45, 7) is 2.92. The fourth-order valence-corrected chi connectivity index (χ4v) is 6.16. The highest BCUT2D eigenvalue weighted by atomic mass is 79.9. The van der Waals surface area contributed by atoms with Crippen LogP contribution < -0.4 is 0 Å². The van der Waals surface area contributed by atoms with Crippen molar-refractivity contribution >= 4 is 50.2 Å². The topological polar surface area (TPSA) is 56.4 Å². The quantitative estimate of drug-likeness (QED) is 0.339. The maximum Gasteiger partial charge on any atom is 0.254 e. The van der Waals surface area contributed by atoms with Crippen molar-refractivity contribution in [3.8, 4) is 0 Å². The first-order valence-electron chi connectivity index (χ1n) is 12.1. The Morgan fingerprint density at radius 1 is 1.03 bits per heavy atom. The molecule has 3 aromatic carbocycles. The van der Waals surface area contributed by atoms with Crippen molar-refractivity contribution in [3.63, 3.8) is 0 Å². The van der Waals surface area contributed by atoms with E-state index >= 15 is 0 Å². The average molecular weight is 563 g/mol. The maximum atomic E-state index is 14.1. The number of nitrogens with one attached hydrogen (secondary N) is 1. The number of fused-ring (bicyclic) bond motifs is 5. The zero-order chi connectivity index (χ0) is 25.0. The molecule has 1 aromatic heterocycles. The van der Waals surface area contributed by atoms with E-state index in [4.69, 9.17) is 11.6 Å². The predicted molar refractivity (Wildman–Crippen MR) is 145 cm³/mol. The summed E-state index contributed by atoms with van der Waals surface area (Å²) in [5.41, 5.74) is 4.01. The predicted octanol–water partition coefficient (Wildman–Crippen LogP) is 5.86. The number of aromatic nitrogens is 1. The zero-order valence-corrected chi connectivity index (χ0v) is 22.1. The Balaban J connectivity index is 1.43. The van der Waals surface area contributed by atoms with Crippen LogP contribution in [0.1, 0.15) is 35.2 Å². The maximum absolute atomic E-state index is 14.1. The monoisotopic (exact) mass is 561 g/mol. The van der Waals surface area contributed by atoms with Crippen LogP contribution >= 0.6 is 27.5 Å². The molecule has 0 spiro atoms. The lowest BCUT2D eigenvalue weighted by Crippen LogP contribution is -2.67. The zero-order valence-electron chi connectivity index (χ0n) is 19.8. The van der Waals surface area contributed by atoms with Crippen molar-refractivity contribution in [1.29, 1.82) is 0 Å². The number of rotatable bonds is 4. The van der Waals surface area contributed by atoms with Crippen LogP contribution in [0, 0.1) is 0 Å². The minimum atomic E-state index is -1.09. The number of para-hydroxylation sites is 1. The molecule has 1 fully saturated rings. The van der Waals surface area contributed by atoms with Gasteiger partial charge < -0.3 is 14.8 Å². The minimum absolute atomic E-state index is 0.0281. The van der Waals surface area contributed by atoms with E-state index in [0.717, 1.165) is 37.8 Å². The molecule has 2 amide bonds. The lowest BCUT2D eigenvalue weighted by Gasteiger charge is -2.51. The van der Waals surface area contributed by atoms with E-state index in [1.165, 1.54) is 0 Å². The molecule has 182 valence electrons. The van der Waals surface area contributed by atoms with Crippen molar-refractivity contribution in [3.05, 3.63) is 105 Å². The van der Waals surface area contributed by atoms with E-state index < -0.39 is 5.54 Å². The number of hydrogen-bond acceptors (Lipinski definition) is 2. The highest BCUT2D eigenvalue weighted by molar-refractivity contribution is 9.10. The Morgan fingerprint density at radius 3 is 2.50 bits per heavy atom. The highest BCUT2D eigenvalue weighted by Crippen LogP contribution is 2.48. The van der Waals surface area contributed by atoms with Gasteiger partial charge in [-0.15, -0.1) is 0 Å². The van der Waals surface area contributed by atoms with Crippen molar-refractivity contribution in [1.82, 2.24) is 14.8 Å². The van der Waals surface area contributed by atoms with Gasteiger partial charge in [0.1, 0.15) is 0 Å². The number of nitrogens with zero attached hydrogens (tertiary/aromatic N) is 2. The first-order chi connectivity index (χ1) is 17.4. The summed E-state index contributed by atoms with van der Waals surface area (Å²) < 4.78 is 1.01. The summed E-state index contributed by atoms with van der Waals surface area (Å²) in [7, 11) is 0. The smallest absolute Gasteiger partial charge is 0.254 e. The first-order valence-corrected chi connectivity index (χ1v) is 13.2. The normalized spacial score (nSPS) is 21.6. The van der Waals surface area contributed by atoms with Gasteiger partial charge in [-0.25, -0.2) is 0 Å². The second-order valence-electron chi connectivity index (χ2n) is 9.74. The van der Waals surface area contributed by atoms with E-state index in [9.17, 15) is 9.59 Å². The molecule has 0 bridgehead atoms. The number of halogens is 2. The van der Waals surface area contributed by atoms with Gasteiger partial charge in [-0.3, -0.25) is 9.59 Å². The third-order valence-electron chi connectivity index (χ3n) is 7.67. The first kappa shape index (κ1) is 23.3. The van der Waals surface area contributed by atoms with Crippen molar-refractivity contribution in [2.45, 2.75) is 24.8 Å². The number of benzene rings is 3. The van der Waals surface area contributed by atoms with Gasteiger partial charge in [0, 0.05) is 39.4 Å². The summed E-state index contributed by atoms with van der Waals surface area (Å²) in [4.78, 5) is 34.8. The summed E-state index contributed by atoms with van der Waals surface area (Å²) >= 11 is 9.55. The van der Waals surface area contributed by atoms with Gasteiger partial charge in [0.05, 0.1) is 12.2 Å². The Morgan fingerprint density at radius 2 is 1.75 bits per heavy atom. The van der Waals surface area contributed by atoms with Crippen molar-refractivity contribution in [2.75, 3.05) is 19.6 Å². The summed E-state index contributed by atoms with van der Waals surface area (Å²) in [5.74, 6) is -0.104. The fraction of sp³-hybridized carbons (Fsp3) is 0.241. The molecule has 5 nitrogen and oxygen atoms in total. The Hall–Kier alpha value is -3.09. The largest absolute Gasteiger partial charge is 0.356 e. The lowest BCUT2D eigenvalue weighted by molar-refractivity contribution is -0.166. The van der Waals surface area contributed by atoms with Crippen LogP contribution in [0.25, 0.3) is 10.9 Å². The van der Waals surface area contributed by atoms with Crippen molar-refractivity contribution in [2.24, 2.45) is 0 Å². The second kappa shape index (κ2) is 8.79. The van der Waals surface area contributed by atoms with Gasteiger partial charge in [0.25, 0.3) is 5.91 Å². The average Bonchev–Trinajstić information content (AvgIpc) is 3.28. The molecule has 3 heterocycles. The van der Waals surface area contributed by atoms with Crippen LogP contribution in [0.2, 0.25) is 5.02 Å². The third-order valence-corrected chi connectivity index (χ3v) is 8.45. The molecule has 2 aliphatic rings. The van der Waals surface area contributed by atoms with Gasteiger partial charge >= 0.3 is 0 Å². The molecule has 2 atom stereocenters. The SMILES string of the molecule is CC12C(=O)N(CCc3ccc(Cl)cc3)CC(=O)N1CC(c1ccc(Br)cc1)c1c2[nH]c2ccccc12. The number of H-pyrrole nitrogens is 1. The molecule has 0 radical (unpaired) electrons. The van der Waals surface area contributed by atoms with Gasteiger partial charge in [0.15, 0.2) is 5.54 Å². The van der Waals surface area contributed by atoms with Crippen LogP contribution in [0.5, 0.6) is 0 Å². The van der Waals surface area contributed by atoms with E-state index in [1.54, 1.807) is 9.80 Å². The Bertz CT molecular complexity index is 1480. The summed E-state index contributed by atoms with van der Waals surface area (Å²) in [5, 5.41) is 1.78. The van der Waals surface area contributed by atoms with E-state index in [-0.39, 0.29) is 24.3 Å². The molecule has 7 heteroatoms. The molecule has 2 aliphatic heterocycles. The highest BCUT2D eigenvalue weighted by Gasteiger charge is 2.56. The second-order valence-corrected chi connectivity index (χ2v) is 11.1. The Labute approximate surface area is 223 Å². The molecule has 36 heavy (non-hydrogen) atoms. The van der Waals surface area contributed by atoms with Crippen LogP contribution in [-0.4, -0.2) is 46.2 Å². The van der Waals surface area contributed by atoms with E-state index in [1.807, 2.05) is 61.5 Å². The van der Waals surface area contributed by atoms with Crippen LogP contribution in [0.15, 0.2) is 77.3 Å². The van der Waals surface area contributed by atoms with Crippen LogP contribution in [0.4, 0.5) is 0 Å². The molecular weight excluding hydrogens is 538 g/mol. The van der Waals surface area contributed by atoms with Gasteiger partial charge in [0.2, 0.25) is 5.91 Å². The standard InChI is InChI=1S/C29H25BrClN3O2/c1-29-27-26(22-4-2-3-5-24(22)32-27)23(19-8-10-20(30)11-9-19)16-34(29)25(35)17-33(28(29)36)15-14-18-6-12-21(31)13-7-18/h2-13,23,32H,14-17H2,1H3. The number of amides is 2. The van der Waals surface area contributed by atoms with E-state index in [0.29, 0.717) is 24.5 Å². The number of carbonyl (C=O) groups excluding carboxylic acids is 2. The number of hydrogen-bond donors (Lipinski definition) is 1. The minimum Gasteiger partial charge on any atom is -0.356 e. The molecule has 0 saturated carbocycles.